The number of benzene rings is 2. The molecule has 1 aliphatic carbocycles. The fourth-order valence-corrected chi connectivity index (χ4v) is 3.34. The molecule has 1 N–H and O–H groups in total. The number of anilines is 1. The third-order valence-electron chi connectivity index (χ3n) is 4.80. The summed E-state index contributed by atoms with van der Waals surface area (Å²) in [7, 11) is 1.53. The van der Waals surface area contributed by atoms with Crippen molar-refractivity contribution in [2.45, 2.75) is 45.1 Å². The lowest BCUT2D eigenvalue weighted by atomic mass is 9.90. The first-order valence-electron chi connectivity index (χ1n) is 9.31. The summed E-state index contributed by atoms with van der Waals surface area (Å²) >= 11 is 0. The first kappa shape index (κ1) is 19.0. The van der Waals surface area contributed by atoms with Gasteiger partial charge >= 0.3 is 5.97 Å². The summed E-state index contributed by atoms with van der Waals surface area (Å²) in [5, 5.41) is 2.73. The van der Waals surface area contributed by atoms with Gasteiger partial charge in [-0.05, 0) is 61.4 Å². The Kier molecular flexibility index (Phi) is 6.12. The van der Waals surface area contributed by atoms with Gasteiger partial charge in [0.15, 0.2) is 6.10 Å². The Morgan fingerprint density at radius 3 is 2.59 bits per heavy atom. The van der Waals surface area contributed by atoms with Gasteiger partial charge in [-0.1, -0.05) is 30.3 Å². The van der Waals surface area contributed by atoms with Gasteiger partial charge in [0.2, 0.25) is 0 Å². The van der Waals surface area contributed by atoms with E-state index in [4.69, 9.17) is 9.47 Å². The third kappa shape index (κ3) is 4.88. The molecule has 3 rings (SSSR count). The van der Waals surface area contributed by atoms with E-state index < -0.39 is 18.0 Å². The lowest BCUT2D eigenvalue weighted by Crippen LogP contribution is -2.30. The zero-order chi connectivity index (χ0) is 19.2. The summed E-state index contributed by atoms with van der Waals surface area (Å²) in [4.78, 5) is 24.6. The monoisotopic (exact) mass is 367 g/mol. The quantitative estimate of drug-likeness (QED) is 0.791. The summed E-state index contributed by atoms with van der Waals surface area (Å²) < 4.78 is 10.5. The Bertz CT molecular complexity index is 831. The number of esters is 1. The van der Waals surface area contributed by atoms with Crippen LogP contribution < -0.4 is 10.1 Å². The number of amides is 1. The van der Waals surface area contributed by atoms with E-state index in [1.165, 1.54) is 31.1 Å². The van der Waals surface area contributed by atoms with Crippen LogP contribution in [-0.2, 0) is 33.6 Å². The Morgan fingerprint density at radius 1 is 1.07 bits per heavy atom. The molecule has 0 saturated heterocycles. The normalized spacial score (nSPS) is 14.0. The fourth-order valence-electron chi connectivity index (χ4n) is 3.34. The number of nitrogens with one attached hydrogen (secondary N) is 1. The first-order valence-corrected chi connectivity index (χ1v) is 9.31. The maximum Gasteiger partial charge on any atom is 0.311 e. The van der Waals surface area contributed by atoms with Gasteiger partial charge in [-0.15, -0.1) is 0 Å². The highest BCUT2D eigenvalue weighted by atomic mass is 16.5. The summed E-state index contributed by atoms with van der Waals surface area (Å²) in [5.74, 6) is -0.245. The maximum atomic E-state index is 12.3. The van der Waals surface area contributed by atoms with Crippen LogP contribution in [0, 0.1) is 0 Å². The molecule has 1 atom stereocenters. The topological polar surface area (TPSA) is 64.6 Å². The number of hydrogen-bond acceptors (Lipinski definition) is 4. The van der Waals surface area contributed by atoms with Crippen LogP contribution in [0.15, 0.2) is 42.5 Å². The highest BCUT2D eigenvalue weighted by Gasteiger charge is 2.20. The molecule has 0 aliphatic heterocycles. The van der Waals surface area contributed by atoms with Crippen LogP contribution in [-0.4, -0.2) is 25.1 Å². The molecule has 1 aliphatic rings. The van der Waals surface area contributed by atoms with Gasteiger partial charge in [-0.3, -0.25) is 9.59 Å². The molecule has 0 bridgehead atoms. The van der Waals surface area contributed by atoms with Crippen LogP contribution in [0.4, 0.5) is 5.69 Å². The van der Waals surface area contributed by atoms with Crippen molar-refractivity contribution in [3.8, 4) is 5.75 Å². The van der Waals surface area contributed by atoms with E-state index in [0.29, 0.717) is 11.4 Å². The van der Waals surface area contributed by atoms with Crippen LogP contribution in [0.1, 0.15) is 36.5 Å². The Labute approximate surface area is 159 Å². The van der Waals surface area contributed by atoms with E-state index in [0.717, 1.165) is 18.4 Å². The van der Waals surface area contributed by atoms with E-state index in [2.05, 4.69) is 17.4 Å². The zero-order valence-corrected chi connectivity index (χ0v) is 15.8. The van der Waals surface area contributed by atoms with Crippen LogP contribution in [0.2, 0.25) is 0 Å². The van der Waals surface area contributed by atoms with Gasteiger partial charge in [0.25, 0.3) is 5.91 Å². The van der Waals surface area contributed by atoms with Gasteiger partial charge in [0.1, 0.15) is 5.75 Å². The highest BCUT2D eigenvalue weighted by Crippen LogP contribution is 2.24. The molecule has 0 fully saturated rings. The van der Waals surface area contributed by atoms with Crippen molar-refractivity contribution in [3.05, 3.63) is 59.2 Å². The second-order valence-electron chi connectivity index (χ2n) is 6.81. The van der Waals surface area contributed by atoms with Gasteiger partial charge in [0, 0.05) is 0 Å². The summed E-state index contributed by atoms with van der Waals surface area (Å²) in [5.41, 5.74) is 4.18. The van der Waals surface area contributed by atoms with Gasteiger partial charge < -0.3 is 14.8 Å². The molecule has 1 amide bonds. The van der Waals surface area contributed by atoms with E-state index in [1.807, 2.05) is 12.1 Å². The summed E-state index contributed by atoms with van der Waals surface area (Å²) in [6, 6.07) is 13.3. The zero-order valence-electron chi connectivity index (χ0n) is 15.8. The second kappa shape index (κ2) is 8.71. The van der Waals surface area contributed by atoms with E-state index in [9.17, 15) is 9.59 Å². The third-order valence-corrected chi connectivity index (χ3v) is 4.80. The molecule has 0 unspecified atom stereocenters. The van der Waals surface area contributed by atoms with Crippen molar-refractivity contribution in [3.63, 3.8) is 0 Å². The standard InChI is InChI=1S/C22H25NO4/c1-15(22(25)23-19-9-5-6-10-20(19)26-2)27-21(24)14-16-11-12-17-7-3-4-8-18(17)13-16/h5-6,9-13,15H,3-4,7-8,14H2,1-2H3,(H,23,25)/t15-/m1/s1. The predicted octanol–water partition coefficient (Wildman–Crippen LogP) is 3.69. The number of fused-ring (bicyclic) bond motifs is 1. The Morgan fingerprint density at radius 2 is 1.81 bits per heavy atom. The van der Waals surface area contributed by atoms with E-state index in [-0.39, 0.29) is 6.42 Å². The smallest absolute Gasteiger partial charge is 0.311 e. The lowest BCUT2D eigenvalue weighted by Gasteiger charge is -2.17. The molecule has 0 aromatic heterocycles. The molecule has 27 heavy (non-hydrogen) atoms. The number of rotatable bonds is 6. The Balaban J connectivity index is 1.56. The molecule has 0 saturated carbocycles. The SMILES string of the molecule is COc1ccccc1NC(=O)[C@@H](C)OC(=O)Cc1ccc2c(c1)CCCC2. The molecule has 0 radical (unpaired) electrons. The number of para-hydroxylation sites is 2. The van der Waals surface area contributed by atoms with Crippen LogP contribution in [0.25, 0.3) is 0 Å². The molecular weight excluding hydrogens is 342 g/mol. The van der Waals surface area contributed by atoms with Gasteiger partial charge in [-0.25, -0.2) is 0 Å². The maximum absolute atomic E-state index is 12.3. The average Bonchev–Trinajstić information content (AvgIpc) is 2.68. The molecule has 2 aromatic rings. The number of methoxy groups -OCH3 is 1. The number of hydrogen-bond donors (Lipinski definition) is 1. The number of carbonyl (C=O) groups excluding carboxylic acids is 2. The van der Waals surface area contributed by atoms with Crippen LogP contribution in [0.3, 0.4) is 0 Å². The van der Waals surface area contributed by atoms with Crippen molar-refractivity contribution in [2.75, 3.05) is 12.4 Å². The summed E-state index contributed by atoms with van der Waals surface area (Å²) in [6.45, 7) is 1.56. The van der Waals surface area contributed by atoms with Crippen molar-refractivity contribution in [1.29, 1.82) is 0 Å². The van der Waals surface area contributed by atoms with Crippen LogP contribution in [0.5, 0.6) is 5.75 Å². The minimum absolute atomic E-state index is 0.166. The van der Waals surface area contributed by atoms with Crippen LogP contribution >= 0.6 is 0 Å². The number of carbonyl (C=O) groups is 2. The number of aryl methyl sites for hydroxylation is 2. The first-order chi connectivity index (χ1) is 13.1. The summed E-state index contributed by atoms with van der Waals surface area (Å²) in [6.07, 6.45) is 3.88. The Hall–Kier alpha value is -2.82. The minimum Gasteiger partial charge on any atom is -0.495 e. The van der Waals surface area contributed by atoms with Crippen molar-refractivity contribution >= 4 is 17.6 Å². The second-order valence-corrected chi connectivity index (χ2v) is 6.81. The van der Waals surface area contributed by atoms with Crippen molar-refractivity contribution in [2.24, 2.45) is 0 Å². The molecule has 5 nitrogen and oxygen atoms in total. The molecule has 0 spiro atoms. The van der Waals surface area contributed by atoms with Gasteiger partial charge in [0.05, 0.1) is 19.2 Å². The molecule has 5 heteroatoms. The van der Waals surface area contributed by atoms with Crippen molar-refractivity contribution < 1.29 is 19.1 Å². The van der Waals surface area contributed by atoms with E-state index >= 15 is 0 Å². The highest BCUT2D eigenvalue weighted by molar-refractivity contribution is 5.96. The predicted molar refractivity (Wildman–Crippen MR) is 104 cm³/mol. The molecule has 142 valence electrons. The minimum atomic E-state index is -0.889. The van der Waals surface area contributed by atoms with Crippen molar-refractivity contribution in [1.82, 2.24) is 0 Å². The molecule has 0 heterocycles. The van der Waals surface area contributed by atoms with E-state index in [1.54, 1.807) is 25.1 Å². The number of ether oxygens (including phenoxy) is 2. The molecular formula is C22H25NO4. The average molecular weight is 367 g/mol. The fraction of sp³-hybridized carbons (Fsp3) is 0.364. The lowest BCUT2D eigenvalue weighted by molar-refractivity contribution is -0.152. The largest absolute Gasteiger partial charge is 0.495 e. The molecule has 2 aromatic carbocycles. The van der Waals surface area contributed by atoms with Gasteiger partial charge in [-0.2, -0.15) is 0 Å².